The van der Waals surface area contributed by atoms with Crippen molar-refractivity contribution in [3.8, 4) is 11.4 Å². The van der Waals surface area contributed by atoms with Crippen LogP contribution >= 0.6 is 0 Å². The third kappa shape index (κ3) is 8.31. The number of carbonyl (C=O) groups excluding carboxylic acids is 1. The van der Waals surface area contributed by atoms with Crippen LogP contribution in [-0.2, 0) is 11.3 Å². The van der Waals surface area contributed by atoms with Crippen molar-refractivity contribution in [2.45, 2.75) is 104 Å². The lowest BCUT2D eigenvalue weighted by Gasteiger charge is -2.25. The van der Waals surface area contributed by atoms with E-state index in [1.807, 2.05) is 6.07 Å². The molecule has 1 aliphatic rings. The van der Waals surface area contributed by atoms with E-state index in [1.165, 1.54) is 50.5 Å². The third-order valence-electron chi connectivity index (χ3n) is 7.09. The highest BCUT2D eigenvalue weighted by atomic mass is 16.6. The topological polar surface area (TPSA) is 135 Å². The number of ether oxygens (including phenoxy) is 1. The number of amides is 2. The van der Waals surface area contributed by atoms with Gasteiger partial charge in [-0.15, -0.1) is 4.99 Å². The molecule has 3 aromatic rings. The van der Waals surface area contributed by atoms with Gasteiger partial charge in [0.15, 0.2) is 0 Å². The van der Waals surface area contributed by atoms with Crippen molar-refractivity contribution in [3.63, 3.8) is 0 Å². The lowest BCUT2D eigenvalue weighted by molar-refractivity contribution is 0.0600. The number of aromatic nitrogens is 3. The summed E-state index contributed by atoms with van der Waals surface area (Å²) in [5, 5.41) is 16.9. The first-order valence-electron chi connectivity index (χ1n) is 14.7. The molecule has 1 aromatic carbocycles. The first kappa shape index (κ1) is 30.1. The Kier molecular flexibility index (Phi) is 10.0. The molecular weight excluding hydrogens is 524 g/mol. The second-order valence-corrected chi connectivity index (χ2v) is 11.6. The van der Waals surface area contributed by atoms with Crippen LogP contribution in [0.3, 0.4) is 0 Å². The molecule has 11 heteroatoms. The lowest BCUT2D eigenvalue weighted by atomic mass is 10.1. The summed E-state index contributed by atoms with van der Waals surface area (Å²) < 4.78 is 13.2. The van der Waals surface area contributed by atoms with Crippen molar-refractivity contribution in [2.24, 2.45) is 4.99 Å². The fourth-order valence-electron chi connectivity index (χ4n) is 5.17. The summed E-state index contributed by atoms with van der Waals surface area (Å²) in [5.41, 5.74) is 1.24. The van der Waals surface area contributed by atoms with E-state index in [4.69, 9.17) is 9.26 Å². The van der Waals surface area contributed by atoms with Crippen molar-refractivity contribution < 1.29 is 24.0 Å². The molecular formula is C30H42N6O5. The van der Waals surface area contributed by atoms with Gasteiger partial charge in [0.25, 0.3) is 0 Å². The number of unbranched alkanes of at least 4 members (excludes halogenated alkanes) is 6. The summed E-state index contributed by atoms with van der Waals surface area (Å²) >= 11 is 0. The van der Waals surface area contributed by atoms with Crippen LogP contribution in [-0.4, -0.2) is 55.0 Å². The van der Waals surface area contributed by atoms with E-state index in [0.717, 1.165) is 23.9 Å². The third-order valence-corrected chi connectivity index (χ3v) is 7.09. The molecule has 3 heterocycles. The highest BCUT2D eigenvalue weighted by molar-refractivity contribution is 5.98. The molecule has 1 aliphatic heterocycles. The number of aryl methyl sites for hydroxylation is 1. The van der Waals surface area contributed by atoms with E-state index in [2.05, 4.69) is 56.3 Å². The van der Waals surface area contributed by atoms with Crippen LogP contribution in [0.2, 0.25) is 0 Å². The Morgan fingerprint density at radius 1 is 1.15 bits per heavy atom. The number of carbonyl (C=O) groups is 2. The average Bonchev–Trinajstić information content (AvgIpc) is 3.65. The van der Waals surface area contributed by atoms with Gasteiger partial charge >= 0.3 is 12.2 Å². The van der Waals surface area contributed by atoms with E-state index in [-0.39, 0.29) is 5.96 Å². The van der Waals surface area contributed by atoms with Crippen LogP contribution in [0.4, 0.5) is 9.59 Å². The molecule has 1 fully saturated rings. The molecule has 41 heavy (non-hydrogen) atoms. The minimum absolute atomic E-state index is 0.127. The number of nitrogens with zero attached hydrogens (tertiary/aromatic N) is 5. The first-order valence-corrected chi connectivity index (χ1v) is 14.7. The Hall–Kier alpha value is -3.89. The maximum atomic E-state index is 12.3. The standard InChI is InChI=1S/C30H42N6O5/c1-5-6-7-8-9-10-11-17-35-19-16-21-20-22(14-15-23(21)35)25-31-26(41-34-25)24-13-12-18-36(24)27(32-28(37)38)33-29(39)40-30(2,3)4/h14-16,19-20,24H,5-13,17-18H2,1-4H3,(H,37,38)(H,32,33,39). The second-order valence-electron chi connectivity index (χ2n) is 11.6. The van der Waals surface area contributed by atoms with Crippen LogP contribution in [0.1, 0.15) is 97.4 Å². The van der Waals surface area contributed by atoms with E-state index >= 15 is 0 Å². The zero-order valence-electron chi connectivity index (χ0n) is 24.6. The predicted molar refractivity (Wildman–Crippen MR) is 157 cm³/mol. The normalized spacial score (nSPS) is 16.0. The molecule has 0 spiro atoms. The molecule has 0 aliphatic carbocycles. The zero-order chi connectivity index (χ0) is 29.4. The molecule has 2 N–H and O–H groups in total. The SMILES string of the molecule is CCCCCCCCCn1ccc2cc(-c3noc(C4CCCN4C(=NC(=O)OC(C)(C)C)NC(=O)O)n3)ccc21. The number of benzene rings is 1. The van der Waals surface area contributed by atoms with E-state index < -0.39 is 23.8 Å². The Labute approximate surface area is 241 Å². The molecule has 1 unspecified atom stereocenters. The second kappa shape index (κ2) is 13.6. The Morgan fingerprint density at radius 2 is 1.90 bits per heavy atom. The van der Waals surface area contributed by atoms with Crippen LogP contribution in [0.15, 0.2) is 40.0 Å². The minimum Gasteiger partial charge on any atom is -0.465 e. The molecule has 1 atom stereocenters. The first-order chi connectivity index (χ1) is 19.6. The van der Waals surface area contributed by atoms with Gasteiger partial charge in [-0.25, -0.2) is 9.59 Å². The van der Waals surface area contributed by atoms with Crippen LogP contribution in [0.5, 0.6) is 0 Å². The molecule has 2 aromatic heterocycles. The molecule has 11 nitrogen and oxygen atoms in total. The van der Waals surface area contributed by atoms with Crippen LogP contribution in [0.25, 0.3) is 22.3 Å². The highest BCUT2D eigenvalue weighted by Crippen LogP contribution is 2.33. The van der Waals surface area contributed by atoms with Crippen LogP contribution in [0, 0.1) is 0 Å². The summed E-state index contributed by atoms with van der Waals surface area (Å²) in [6.45, 7) is 8.85. The van der Waals surface area contributed by atoms with Gasteiger partial charge < -0.3 is 23.8 Å². The van der Waals surface area contributed by atoms with Gasteiger partial charge in [0, 0.05) is 35.8 Å². The molecule has 2 amide bonds. The Balaban J connectivity index is 1.45. The number of hydrogen-bond donors (Lipinski definition) is 2. The van der Waals surface area contributed by atoms with Gasteiger partial charge in [0.2, 0.25) is 17.7 Å². The molecule has 222 valence electrons. The van der Waals surface area contributed by atoms with Crippen molar-refractivity contribution in [3.05, 3.63) is 36.4 Å². The maximum Gasteiger partial charge on any atom is 0.437 e. The summed E-state index contributed by atoms with van der Waals surface area (Å²) in [4.78, 5) is 34.0. The average molecular weight is 567 g/mol. The van der Waals surface area contributed by atoms with Crippen LogP contribution < -0.4 is 5.32 Å². The predicted octanol–water partition coefficient (Wildman–Crippen LogP) is 7.14. The summed E-state index contributed by atoms with van der Waals surface area (Å²) in [6, 6.07) is 7.81. The molecule has 4 rings (SSSR count). The molecule has 0 bridgehead atoms. The number of nitrogens with one attached hydrogen (secondary N) is 1. The highest BCUT2D eigenvalue weighted by Gasteiger charge is 2.35. The monoisotopic (exact) mass is 566 g/mol. The molecule has 0 radical (unpaired) electrons. The van der Waals surface area contributed by atoms with Gasteiger partial charge in [-0.05, 0) is 64.3 Å². The van der Waals surface area contributed by atoms with Gasteiger partial charge in [0.1, 0.15) is 11.6 Å². The fourth-order valence-corrected chi connectivity index (χ4v) is 5.17. The largest absolute Gasteiger partial charge is 0.465 e. The lowest BCUT2D eigenvalue weighted by Crippen LogP contribution is -2.44. The summed E-state index contributed by atoms with van der Waals surface area (Å²) in [5.74, 6) is 0.654. The van der Waals surface area contributed by atoms with Crippen molar-refractivity contribution in [2.75, 3.05) is 6.54 Å². The number of fused-ring (bicyclic) bond motifs is 1. The molecule has 0 saturated carbocycles. The van der Waals surface area contributed by atoms with Crippen molar-refractivity contribution >= 4 is 29.0 Å². The Bertz CT molecular complexity index is 1350. The van der Waals surface area contributed by atoms with E-state index in [9.17, 15) is 14.7 Å². The minimum atomic E-state index is -1.34. The zero-order valence-corrected chi connectivity index (χ0v) is 24.6. The number of guanidine groups is 1. The van der Waals surface area contributed by atoms with Gasteiger partial charge in [0.05, 0.1) is 0 Å². The fraction of sp³-hybridized carbons (Fsp3) is 0.567. The van der Waals surface area contributed by atoms with Crippen molar-refractivity contribution in [1.82, 2.24) is 24.9 Å². The molecule has 1 saturated heterocycles. The van der Waals surface area contributed by atoms with E-state index in [1.54, 1.807) is 25.7 Å². The maximum absolute atomic E-state index is 12.3. The van der Waals surface area contributed by atoms with Crippen molar-refractivity contribution in [1.29, 1.82) is 0 Å². The van der Waals surface area contributed by atoms with Gasteiger partial charge in [-0.3, -0.25) is 5.32 Å². The summed E-state index contributed by atoms with van der Waals surface area (Å²) in [6.07, 6.45) is 10.2. The Morgan fingerprint density at radius 3 is 2.63 bits per heavy atom. The number of rotatable bonds is 10. The quantitative estimate of drug-likeness (QED) is 0.150. The summed E-state index contributed by atoms with van der Waals surface area (Å²) in [7, 11) is 0. The number of likely N-dealkylation sites (tertiary alicyclic amines) is 1. The number of carboxylic acid groups (broad SMARTS) is 1. The number of hydrogen-bond acceptors (Lipinski definition) is 6. The van der Waals surface area contributed by atoms with E-state index in [0.29, 0.717) is 24.7 Å². The van der Waals surface area contributed by atoms with Gasteiger partial charge in [-0.1, -0.05) is 50.6 Å². The smallest absolute Gasteiger partial charge is 0.437 e. The number of aliphatic imine (C=N–C) groups is 1. The van der Waals surface area contributed by atoms with Gasteiger partial charge in [-0.2, -0.15) is 4.98 Å².